The van der Waals surface area contributed by atoms with Crippen molar-refractivity contribution in [1.82, 2.24) is 9.78 Å². The Morgan fingerprint density at radius 1 is 1.16 bits per heavy atom. The van der Waals surface area contributed by atoms with E-state index in [9.17, 15) is 0 Å². The van der Waals surface area contributed by atoms with E-state index in [4.69, 9.17) is 0 Å². The second-order valence-electron chi connectivity index (χ2n) is 5.41. The molecule has 1 heterocycles. The smallest absolute Gasteiger partial charge is 0.0648 e. The molecule has 0 bridgehead atoms. The molecule has 0 unspecified atom stereocenters. The fourth-order valence-corrected chi connectivity index (χ4v) is 3.05. The number of hydrogen-bond donors (Lipinski definition) is 0. The Kier molecular flexibility index (Phi) is 4.70. The van der Waals surface area contributed by atoms with Crippen LogP contribution in [0.2, 0.25) is 0 Å². The van der Waals surface area contributed by atoms with E-state index in [1.54, 1.807) is 0 Å². The lowest BCUT2D eigenvalue weighted by Crippen LogP contribution is -1.99. The molecule has 1 aromatic carbocycles. The normalized spacial score (nSPS) is 11.2. The van der Waals surface area contributed by atoms with Crippen LogP contribution < -0.4 is 0 Å². The third-order valence-electron chi connectivity index (χ3n) is 2.91. The summed E-state index contributed by atoms with van der Waals surface area (Å²) in [6, 6.07) is 10.8. The third-order valence-corrected chi connectivity index (χ3v) is 4.35. The summed E-state index contributed by atoms with van der Waals surface area (Å²) < 4.78 is 2.00. The quantitative estimate of drug-likeness (QED) is 0.805. The van der Waals surface area contributed by atoms with Crippen LogP contribution in [0, 0.1) is 19.8 Å². The zero-order valence-electron chi connectivity index (χ0n) is 12.2. The number of benzene rings is 1. The average Bonchev–Trinajstić information content (AvgIpc) is 2.69. The summed E-state index contributed by atoms with van der Waals surface area (Å²) in [5.74, 6) is 3.08. The Balaban J connectivity index is 2.04. The average molecular weight is 274 g/mol. The molecule has 0 aliphatic rings. The first-order valence-corrected chi connectivity index (χ1v) is 7.92. The molecule has 0 N–H and O–H groups in total. The largest absolute Gasteiger partial charge is 0.238 e. The lowest BCUT2D eigenvalue weighted by molar-refractivity contribution is 0.750. The van der Waals surface area contributed by atoms with Crippen LogP contribution in [0.1, 0.15) is 30.8 Å². The van der Waals surface area contributed by atoms with Crippen LogP contribution in [-0.2, 0) is 5.75 Å². The van der Waals surface area contributed by atoms with Crippen LogP contribution in [0.15, 0.2) is 30.3 Å². The summed E-state index contributed by atoms with van der Waals surface area (Å²) in [7, 11) is 0. The van der Waals surface area contributed by atoms with Gasteiger partial charge in [0.1, 0.15) is 0 Å². The van der Waals surface area contributed by atoms with Gasteiger partial charge < -0.3 is 0 Å². The third kappa shape index (κ3) is 3.87. The molecule has 0 aliphatic heterocycles. The number of aromatic nitrogens is 2. The Hall–Kier alpha value is -1.22. The molecule has 0 aliphatic carbocycles. The number of hydrogen-bond acceptors (Lipinski definition) is 2. The van der Waals surface area contributed by atoms with Crippen molar-refractivity contribution in [3.63, 3.8) is 0 Å². The van der Waals surface area contributed by atoms with E-state index in [2.05, 4.69) is 56.2 Å². The summed E-state index contributed by atoms with van der Waals surface area (Å²) >= 11 is 2.00. The second kappa shape index (κ2) is 6.29. The summed E-state index contributed by atoms with van der Waals surface area (Å²) in [5, 5.41) is 4.51. The van der Waals surface area contributed by atoms with Crippen molar-refractivity contribution in [3.8, 4) is 5.69 Å². The summed E-state index contributed by atoms with van der Waals surface area (Å²) in [5.41, 5.74) is 4.77. The van der Waals surface area contributed by atoms with Gasteiger partial charge in [0.15, 0.2) is 0 Å². The van der Waals surface area contributed by atoms with Crippen LogP contribution in [0.25, 0.3) is 5.69 Å². The highest BCUT2D eigenvalue weighted by atomic mass is 32.2. The van der Waals surface area contributed by atoms with Crippen LogP contribution in [0.4, 0.5) is 0 Å². The van der Waals surface area contributed by atoms with Gasteiger partial charge in [0.05, 0.1) is 11.4 Å². The first-order valence-electron chi connectivity index (χ1n) is 6.76. The van der Waals surface area contributed by atoms with Crippen LogP contribution >= 0.6 is 11.8 Å². The van der Waals surface area contributed by atoms with Crippen LogP contribution in [0.3, 0.4) is 0 Å². The minimum absolute atomic E-state index is 0.763. The van der Waals surface area contributed by atoms with Gasteiger partial charge in [-0.1, -0.05) is 26.0 Å². The minimum Gasteiger partial charge on any atom is -0.238 e. The predicted molar refractivity (Wildman–Crippen MR) is 84.0 cm³/mol. The van der Waals surface area contributed by atoms with Crippen molar-refractivity contribution >= 4 is 11.8 Å². The first kappa shape index (κ1) is 14.2. The second-order valence-corrected chi connectivity index (χ2v) is 6.44. The summed E-state index contributed by atoms with van der Waals surface area (Å²) in [6.45, 7) is 8.64. The Morgan fingerprint density at radius 3 is 2.37 bits per heavy atom. The van der Waals surface area contributed by atoms with E-state index in [0.717, 1.165) is 23.1 Å². The molecule has 3 heteroatoms. The van der Waals surface area contributed by atoms with Gasteiger partial charge in [-0.2, -0.15) is 16.9 Å². The van der Waals surface area contributed by atoms with Crippen molar-refractivity contribution in [2.75, 3.05) is 5.75 Å². The molecule has 102 valence electrons. The Labute approximate surface area is 120 Å². The number of rotatable bonds is 5. The van der Waals surface area contributed by atoms with E-state index in [1.807, 2.05) is 23.4 Å². The molecular formula is C16H22N2S. The van der Waals surface area contributed by atoms with Crippen molar-refractivity contribution in [2.45, 2.75) is 33.4 Å². The monoisotopic (exact) mass is 274 g/mol. The van der Waals surface area contributed by atoms with E-state index in [-0.39, 0.29) is 0 Å². The SMILES string of the molecule is Cc1cc(C)n(-c2ccc(CSCC(C)C)cc2)n1. The molecule has 0 saturated heterocycles. The molecule has 2 aromatic rings. The zero-order valence-corrected chi connectivity index (χ0v) is 13.0. The van der Waals surface area contributed by atoms with E-state index in [1.165, 1.54) is 17.0 Å². The molecule has 2 nitrogen and oxygen atoms in total. The van der Waals surface area contributed by atoms with Gasteiger partial charge in [0.25, 0.3) is 0 Å². The lowest BCUT2D eigenvalue weighted by atomic mass is 10.2. The van der Waals surface area contributed by atoms with Gasteiger partial charge in [0, 0.05) is 11.4 Å². The highest BCUT2D eigenvalue weighted by Crippen LogP contribution is 2.18. The topological polar surface area (TPSA) is 17.8 Å². The lowest BCUT2D eigenvalue weighted by Gasteiger charge is -2.07. The minimum atomic E-state index is 0.763. The molecule has 0 radical (unpaired) electrons. The molecule has 1 aromatic heterocycles. The number of nitrogens with zero attached hydrogens (tertiary/aromatic N) is 2. The van der Waals surface area contributed by atoms with Crippen molar-refractivity contribution in [3.05, 3.63) is 47.3 Å². The van der Waals surface area contributed by atoms with Gasteiger partial charge in [-0.15, -0.1) is 0 Å². The molecule has 2 rings (SSSR count). The van der Waals surface area contributed by atoms with Gasteiger partial charge in [-0.05, 0) is 49.3 Å². The van der Waals surface area contributed by atoms with Crippen LogP contribution in [-0.4, -0.2) is 15.5 Å². The van der Waals surface area contributed by atoms with Gasteiger partial charge >= 0.3 is 0 Å². The molecule has 0 saturated carbocycles. The molecular weight excluding hydrogens is 252 g/mol. The molecule has 0 atom stereocenters. The Morgan fingerprint density at radius 2 is 1.84 bits per heavy atom. The van der Waals surface area contributed by atoms with E-state index >= 15 is 0 Å². The Bertz CT molecular complexity index is 526. The van der Waals surface area contributed by atoms with Crippen molar-refractivity contribution < 1.29 is 0 Å². The fraction of sp³-hybridized carbons (Fsp3) is 0.438. The van der Waals surface area contributed by atoms with E-state index in [0.29, 0.717) is 0 Å². The molecule has 19 heavy (non-hydrogen) atoms. The standard InChI is InChI=1S/C16H22N2S/c1-12(2)10-19-11-15-5-7-16(8-6-15)18-14(4)9-13(3)17-18/h5-9,12H,10-11H2,1-4H3. The van der Waals surface area contributed by atoms with Gasteiger partial charge in [0.2, 0.25) is 0 Å². The van der Waals surface area contributed by atoms with E-state index < -0.39 is 0 Å². The number of aryl methyl sites for hydroxylation is 2. The van der Waals surface area contributed by atoms with Crippen molar-refractivity contribution in [1.29, 1.82) is 0 Å². The predicted octanol–water partition coefficient (Wildman–Crippen LogP) is 4.38. The molecule has 0 spiro atoms. The summed E-state index contributed by atoms with van der Waals surface area (Å²) in [6.07, 6.45) is 0. The maximum Gasteiger partial charge on any atom is 0.0648 e. The number of thioether (sulfide) groups is 1. The highest BCUT2D eigenvalue weighted by molar-refractivity contribution is 7.98. The maximum absolute atomic E-state index is 4.51. The zero-order chi connectivity index (χ0) is 13.8. The van der Waals surface area contributed by atoms with Gasteiger partial charge in [-0.3, -0.25) is 0 Å². The summed E-state index contributed by atoms with van der Waals surface area (Å²) in [4.78, 5) is 0. The molecule has 0 amide bonds. The highest BCUT2D eigenvalue weighted by Gasteiger charge is 2.03. The van der Waals surface area contributed by atoms with Gasteiger partial charge in [-0.25, -0.2) is 4.68 Å². The fourth-order valence-electron chi connectivity index (χ4n) is 2.04. The van der Waals surface area contributed by atoms with Crippen molar-refractivity contribution in [2.24, 2.45) is 5.92 Å². The molecule has 0 fully saturated rings. The van der Waals surface area contributed by atoms with Crippen LogP contribution in [0.5, 0.6) is 0 Å². The first-order chi connectivity index (χ1) is 9.06. The maximum atomic E-state index is 4.51.